The molecule has 2 aromatic carbocycles. The van der Waals surface area contributed by atoms with Gasteiger partial charge in [-0.3, -0.25) is 9.36 Å². The Bertz CT molecular complexity index is 1640. The molecule has 0 spiro atoms. The highest BCUT2D eigenvalue weighted by atomic mass is 35.5. The molecule has 1 atom stereocenters. The van der Waals surface area contributed by atoms with Crippen LogP contribution in [0.4, 0.5) is 0 Å². The summed E-state index contributed by atoms with van der Waals surface area (Å²) in [5.41, 5.74) is 5.18. The third-order valence-corrected chi connectivity index (χ3v) is 7.71. The van der Waals surface area contributed by atoms with Gasteiger partial charge < -0.3 is 4.42 Å². The van der Waals surface area contributed by atoms with Crippen LogP contribution in [0.2, 0.25) is 10.0 Å². The Morgan fingerprint density at radius 3 is 2.76 bits per heavy atom. The van der Waals surface area contributed by atoms with Crippen LogP contribution in [0.5, 0.6) is 0 Å². The molecule has 1 aliphatic carbocycles. The highest BCUT2D eigenvalue weighted by Crippen LogP contribution is 2.43. The number of rotatable bonds is 2. The van der Waals surface area contributed by atoms with Gasteiger partial charge in [0.1, 0.15) is 11.5 Å². The van der Waals surface area contributed by atoms with Gasteiger partial charge in [0.2, 0.25) is 0 Å². The summed E-state index contributed by atoms with van der Waals surface area (Å²) in [6.07, 6.45) is 3.48. The minimum atomic E-state index is -0.338. The number of allylic oxidation sites excluding steroid dienone is 1. The number of fused-ring (bicyclic) bond motifs is 3. The molecule has 1 unspecified atom stereocenters. The number of furan rings is 1. The number of hydrogen-bond donors (Lipinski definition) is 0. The first-order chi connectivity index (χ1) is 16.0. The molecule has 3 heterocycles. The highest BCUT2D eigenvalue weighted by Gasteiger charge is 2.33. The van der Waals surface area contributed by atoms with Gasteiger partial charge in [-0.2, -0.15) is 0 Å². The predicted molar refractivity (Wildman–Crippen MR) is 133 cm³/mol. The third-order valence-electron chi connectivity index (χ3n) is 6.16. The Morgan fingerprint density at radius 2 is 1.97 bits per heavy atom. The maximum atomic E-state index is 13.7. The second-order valence-corrected chi connectivity index (χ2v) is 10.1. The lowest BCUT2D eigenvalue weighted by Gasteiger charge is -2.31. The molecule has 0 bridgehead atoms. The molecule has 7 heteroatoms. The lowest BCUT2D eigenvalue weighted by atomic mass is 9.83. The molecule has 0 fully saturated rings. The summed E-state index contributed by atoms with van der Waals surface area (Å²) >= 11 is 14.2. The zero-order valence-electron chi connectivity index (χ0n) is 17.6. The van der Waals surface area contributed by atoms with E-state index in [1.165, 1.54) is 16.9 Å². The van der Waals surface area contributed by atoms with Gasteiger partial charge in [-0.15, -0.1) is 0 Å². The van der Waals surface area contributed by atoms with E-state index in [4.69, 9.17) is 32.6 Å². The zero-order chi connectivity index (χ0) is 22.7. The average Bonchev–Trinajstić information content (AvgIpc) is 3.35. The monoisotopic (exact) mass is 492 g/mol. The zero-order valence-corrected chi connectivity index (χ0v) is 20.0. The van der Waals surface area contributed by atoms with E-state index in [0.717, 1.165) is 41.0 Å². The van der Waals surface area contributed by atoms with E-state index in [0.29, 0.717) is 25.1 Å². The summed E-state index contributed by atoms with van der Waals surface area (Å²) in [6.45, 7) is 1.88. The van der Waals surface area contributed by atoms with Crippen molar-refractivity contribution in [2.75, 3.05) is 0 Å². The predicted octanol–water partition coefficient (Wildman–Crippen LogP) is 5.53. The normalized spacial score (nSPS) is 17.4. The van der Waals surface area contributed by atoms with Crippen LogP contribution in [0.3, 0.4) is 0 Å². The van der Waals surface area contributed by atoms with Crippen molar-refractivity contribution < 1.29 is 4.42 Å². The van der Waals surface area contributed by atoms with E-state index in [1.54, 1.807) is 16.7 Å². The van der Waals surface area contributed by atoms with Crippen LogP contribution in [-0.4, -0.2) is 4.57 Å². The van der Waals surface area contributed by atoms with Crippen molar-refractivity contribution in [3.63, 3.8) is 0 Å². The van der Waals surface area contributed by atoms with E-state index in [2.05, 4.69) is 18.2 Å². The summed E-state index contributed by atoms with van der Waals surface area (Å²) in [6, 6.07) is 17.2. The Kier molecular flexibility index (Phi) is 4.94. The Morgan fingerprint density at radius 1 is 1.12 bits per heavy atom. The Hall–Kier alpha value is -2.86. The third kappa shape index (κ3) is 3.43. The van der Waals surface area contributed by atoms with Crippen LogP contribution in [0, 0.1) is 6.92 Å². The molecule has 2 aliphatic rings. The number of hydrogen-bond acceptors (Lipinski definition) is 4. The maximum Gasteiger partial charge on any atom is 0.271 e. The Labute approximate surface area is 203 Å². The molecule has 1 aliphatic heterocycles. The molecule has 0 radical (unpaired) electrons. The molecular formula is C26H18Cl2N2O2S. The summed E-state index contributed by atoms with van der Waals surface area (Å²) in [7, 11) is 0. The topological polar surface area (TPSA) is 47.5 Å². The van der Waals surface area contributed by atoms with Crippen molar-refractivity contribution in [3.05, 3.63) is 118 Å². The number of thiazole rings is 1. The first-order valence-electron chi connectivity index (χ1n) is 10.6. The van der Waals surface area contributed by atoms with E-state index in [1.807, 2.05) is 37.3 Å². The number of nitrogens with zero attached hydrogens (tertiary/aromatic N) is 2. The fraction of sp³-hybridized carbons (Fsp3) is 0.154. The van der Waals surface area contributed by atoms with Crippen LogP contribution in [0.15, 0.2) is 74.4 Å². The number of halogens is 2. The van der Waals surface area contributed by atoms with Gasteiger partial charge in [-0.05, 0) is 60.7 Å². The average molecular weight is 493 g/mol. The SMILES string of the molecule is Cc1ccc(C=c2sc3n(c2=O)C(c2ccc(Cl)cc2Cl)C2=C(N=3)c3ccccc3CC2)o1. The summed E-state index contributed by atoms with van der Waals surface area (Å²) in [5.74, 6) is 1.44. The summed E-state index contributed by atoms with van der Waals surface area (Å²) in [4.78, 5) is 19.3. The maximum absolute atomic E-state index is 13.7. The van der Waals surface area contributed by atoms with Gasteiger partial charge in [0.05, 0.1) is 16.3 Å². The van der Waals surface area contributed by atoms with Crippen LogP contribution >= 0.6 is 34.5 Å². The van der Waals surface area contributed by atoms with E-state index in [9.17, 15) is 4.79 Å². The van der Waals surface area contributed by atoms with E-state index in [-0.39, 0.29) is 11.6 Å². The Balaban J connectivity index is 1.66. The molecule has 0 amide bonds. The minimum absolute atomic E-state index is 0.103. The van der Waals surface area contributed by atoms with E-state index >= 15 is 0 Å². The van der Waals surface area contributed by atoms with Gasteiger partial charge >= 0.3 is 0 Å². The minimum Gasteiger partial charge on any atom is -0.462 e. The van der Waals surface area contributed by atoms with E-state index < -0.39 is 0 Å². The van der Waals surface area contributed by atoms with Gasteiger partial charge in [0.15, 0.2) is 4.80 Å². The molecule has 0 N–H and O–H groups in total. The smallest absolute Gasteiger partial charge is 0.271 e. The fourth-order valence-electron chi connectivity index (χ4n) is 4.68. The van der Waals surface area contributed by atoms with Gasteiger partial charge in [-0.1, -0.05) is 64.9 Å². The van der Waals surface area contributed by atoms with Crippen molar-refractivity contribution in [1.82, 2.24) is 4.57 Å². The van der Waals surface area contributed by atoms with Gasteiger partial charge in [0.25, 0.3) is 5.56 Å². The second kappa shape index (κ2) is 7.87. The largest absolute Gasteiger partial charge is 0.462 e. The lowest BCUT2D eigenvalue weighted by molar-refractivity contribution is 0.524. The molecule has 33 heavy (non-hydrogen) atoms. The van der Waals surface area contributed by atoms with Crippen molar-refractivity contribution in [2.45, 2.75) is 25.8 Å². The molecule has 4 aromatic rings. The van der Waals surface area contributed by atoms with Crippen LogP contribution in [0.1, 0.15) is 40.7 Å². The number of benzene rings is 2. The van der Waals surface area contributed by atoms with Crippen LogP contribution in [0.25, 0.3) is 11.8 Å². The number of aryl methyl sites for hydroxylation is 2. The van der Waals surface area contributed by atoms with Crippen molar-refractivity contribution in [2.24, 2.45) is 4.99 Å². The first-order valence-corrected chi connectivity index (χ1v) is 12.2. The summed E-state index contributed by atoms with van der Waals surface area (Å²) < 4.78 is 8.03. The van der Waals surface area contributed by atoms with Crippen molar-refractivity contribution in [3.8, 4) is 0 Å². The quantitative estimate of drug-likeness (QED) is 0.369. The van der Waals surface area contributed by atoms with Crippen LogP contribution in [-0.2, 0) is 6.42 Å². The fourth-order valence-corrected chi connectivity index (χ4v) is 6.18. The molecule has 0 saturated heterocycles. The standard InChI is InChI=1S/C26H18Cl2N2O2S/c1-14-6-9-17(32-14)13-22-25(31)30-24(19-11-8-16(27)12-21(19)28)20-10-7-15-4-2-3-5-18(15)23(20)29-26(30)33-22/h2-6,8-9,11-13,24H,7,10H2,1H3. The molecule has 6 rings (SSSR count). The molecule has 2 aromatic heterocycles. The first kappa shape index (κ1) is 20.7. The van der Waals surface area contributed by atoms with Gasteiger partial charge in [0, 0.05) is 21.7 Å². The van der Waals surface area contributed by atoms with Crippen molar-refractivity contribution in [1.29, 1.82) is 0 Å². The lowest BCUT2D eigenvalue weighted by Crippen LogP contribution is -2.38. The molecule has 164 valence electrons. The van der Waals surface area contributed by atoms with Crippen LogP contribution < -0.4 is 14.9 Å². The van der Waals surface area contributed by atoms with Gasteiger partial charge in [-0.25, -0.2) is 4.99 Å². The summed E-state index contributed by atoms with van der Waals surface area (Å²) in [5, 5.41) is 1.10. The number of aromatic nitrogens is 1. The molecule has 0 saturated carbocycles. The second-order valence-electron chi connectivity index (χ2n) is 8.23. The molecular weight excluding hydrogens is 475 g/mol. The molecule has 4 nitrogen and oxygen atoms in total. The highest BCUT2D eigenvalue weighted by molar-refractivity contribution is 7.07. The van der Waals surface area contributed by atoms with Crippen molar-refractivity contribution >= 4 is 46.3 Å².